The van der Waals surface area contributed by atoms with E-state index in [9.17, 15) is 0 Å². The van der Waals surface area contributed by atoms with Gasteiger partial charge in [0.2, 0.25) is 0 Å². The Bertz CT molecular complexity index is 587. The minimum absolute atomic E-state index is 0.642. The average molecular weight is 273 g/mol. The van der Waals surface area contributed by atoms with Gasteiger partial charge in [0, 0.05) is 12.6 Å². The van der Waals surface area contributed by atoms with E-state index in [2.05, 4.69) is 18.9 Å². The first-order valence-electron chi connectivity index (χ1n) is 6.99. The summed E-state index contributed by atoms with van der Waals surface area (Å²) in [5, 5.41) is 4.57. The highest BCUT2D eigenvalue weighted by molar-refractivity contribution is 5.80. The van der Waals surface area contributed by atoms with E-state index in [0.29, 0.717) is 11.7 Å². The van der Waals surface area contributed by atoms with Crippen molar-refractivity contribution in [1.29, 1.82) is 0 Å². The molecule has 0 radical (unpaired) electrons. The maximum absolute atomic E-state index is 6.21. The molecule has 2 N–H and O–H groups in total. The predicted molar refractivity (Wildman–Crippen MR) is 82.8 cm³/mol. The summed E-state index contributed by atoms with van der Waals surface area (Å²) >= 11 is 0. The van der Waals surface area contributed by atoms with Crippen molar-refractivity contribution in [2.45, 2.75) is 26.7 Å². The number of ether oxygens (including phenoxy) is 1. The Balaban J connectivity index is 2.49. The van der Waals surface area contributed by atoms with Gasteiger partial charge in [0.1, 0.15) is 11.6 Å². The fourth-order valence-corrected chi connectivity index (χ4v) is 2.34. The lowest BCUT2D eigenvalue weighted by Gasteiger charge is -2.10. The van der Waals surface area contributed by atoms with Crippen LogP contribution < -0.4 is 10.5 Å². The van der Waals surface area contributed by atoms with Crippen molar-refractivity contribution in [2.75, 3.05) is 12.8 Å². The third kappa shape index (κ3) is 2.79. The van der Waals surface area contributed by atoms with Gasteiger partial charge in [0.05, 0.1) is 18.4 Å². The van der Waals surface area contributed by atoms with Crippen LogP contribution in [-0.4, -0.2) is 16.9 Å². The van der Waals surface area contributed by atoms with Crippen molar-refractivity contribution in [1.82, 2.24) is 9.78 Å². The highest BCUT2D eigenvalue weighted by Gasteiger charge is 2.18. The molecule has 0 saturated heterocycles. The summed E-state index contributed by atoms with van der Waals surface area (Å²) < 4.78 is 7.20. The van der Waals surface area contributed by atoms with Crippen molar-refractivity contribution in [2.24, 2.45) is 13.0 Å². The van der Waals surface area contributed by atoms with E-state index < -0.39 is 0 Å². The van der Waals surface area contributed by atoms with Crippen LogP contribution >= 0.6 is 0 Å². The van der Waals surface area contributed by atoms with Gasteiger partial charge in [-0.15, -0.1) is 0 Å². The summed E-state index contributed by atoms with van der Waals surface area (Å²) in [6.07, 6.45) is 2.02. The van der Waals surface area contributed by atoms with Gasteiger partial charge in [0.25, 0.3) is 0 Å². The number of rotatable bonds is 5. The first kappa shape index (κ1) is 14.4. The molecule has 2 aromatic rings. The fraction of sp³-hybridized carbons (Fsp3) is 0.438. The molecular weight excluding hydrogens is 250 g/mol. The van der Waals surface area contributed by atoms with Crippen molar-refractivity contribution in [3.63, 3.8) is 0 Å². The highest BCUT2D eigenvalue weighted by Crippen LogP contribution is 2.36. The quantitative estimate of drug-likeness (QED) is 0.909. The number of benzene rings is 1. The summed E-state index contributed by atoms with van der Waals surface area (Å²) in [6, 6.07) is 7.94. The highest BCUT2D eigenvalue weighted by atomic mass is 16.5. The second-order valence-electron chi connectivity index (χ2n) is 5.46. The van der Waals surface area contributed by atoms with Crippen LogP contribution in [0.2, 0.25) is 0 Å². The number of nitrogens with zero attached hydrogens (tertiary/aromatic N) is 2. The third-order valence-corrected chi connectivity index (χ3v) is 3.50. The van der Waals surface area contributed by atoms with Crippen LogP contribution in [0.5, 0.6) is 5.75 Å². The standard InChI is InChI=1S/C16H23N3O/c1-11(2)9-10-13-15(16(17)19(3)18-13)12-7-5-6-8-14(12)20-4/h5-8,11H,9-10,17H2,1-4H3. The molecule has 0 spiro atoms. The topological polar surface area (TPSA) is 53.1 Å². The Morgan fingerprint density at radius 3 is 2.65 bits per heavy atom. The number of aryl methyl sites for hydroxylation is 2. The molecule has 2 rings (SSSR count). The summed E-state index contributed by atoms with van der Waals surface area (Å²) in [4.78, 5) is 0. The zero-order valence-corrected chi connectivity index (χ0v) is 12.7. The average Bonchev–Trinajstić information content (AvgIpc) is 2.72. The van der Waals surface area contributed by atoms with Crippen molar-refractivity contribution >= 4 is 5.82 Å². The Kier molecular flexibility index (Phi) is 4.32. The number of nitrogen functional groups attached to an aromatic ring is 1. The normalized spacial score (nSPS) is 11.1. The lowest BCUT2D eigenvalue weighted by molar-refractivity contribution is 0.416. The summed E-state index contributed by atoms with van der Waals surface area (Å²) in [5.74, 6) is 2.16. The van der Waals surface area contributed by atoms with Crippen LogP contribution in [-0.2, 0) is 13.5 Å². The first-order chi connectivity index (χ1) is 9.54. The van der Waals surface area contributed by atoms with Crippen LogP contribution in [0.15, 0.2) is 24.3 Å². The molecule has 0 amide bonds. The van der Waals surface area contributed by atoms with Crippen molar-refractivity contribution in [3.8, 4) is 16.9 Å². The predicted octanol–water partition coefficient (Wildman–Crippen LogP) is 3.27. The Hall–Kier alpha value is -1.97. The number of hydrogen-bond acceptors (Lipinski definition) is 3. The number of para-hydroxylation sites is 1. The van der Waals surface area contributed by atoms with Crippen LogP contribution in [0, 0.1) is 5.92 Å². The number of methoxy groups -OCH3 is 1. The number of aromatic nitrogens is 2. The monoisotopic (exact) mass is 273 g/mol. The molecule has 0 atom stereocenters. The molecule has 0 aliphatic rings. The van der Waals surface area contributed by atoms with Crippen LogP contribution in [0.1, 0.15) is 26.0 Å². The van der Waals surface area contributed by atoms with E-state index in [-0.39, 0.29) is 0 Å². The molecule has 0 unspecified atom stereocenters. The van der Waals surface area contributed by atoms with Gasteiger partial charge in [-0.1, -0.05) is 32.0 Å². The second-order valence-corrected chi connectivity index (χ2v) is 5.46. The molecule has 0 bridgehead atoms. The molecular formula is C16H23N3O. The molecule has 4 heteroatoms. The molecule has 0 aliphatic carbocycles. The van der Waals surface area contributed by atoms with E-state index in [1.54, 1.807) is 11.8 Å². The van der Waals surface area contributed by atoms with Crippen molar-refractivity contribution < 1.29 is 4.74 Å². The minimum atomic E-state index is 0.642. The lowest BCUT2D eigenvalue weighted by Crippen LogP contribution is -1.98. The van der Waals surface area contributed by atoms with Gasteiger partial charge >= 0.3 is 0 Å². The van der Waals surface area contributed by atoms with Gasteiger partial charge in [-0.05, 0) is 24.8 Å². The largest absolute Gasteiger partial charge is 0.496 e. The minimum Gasteiger partial charge on any atom is -0.496 e. The van der Waals surface area contributed by atoms with Gasteiger partial charge in [-0.25, -0.2) is 0 Å². The molecule has 4 nitrogen and oxygen atoms in total. The van der Waals surface area contributed by atoms with Gasteiger partial charge in [-0.2, -0.15) is 5.10 Å². The number of anilines is 1. The summed E-state index contributed by atoms with van der Waals surface area (Å²) in [5.41, 5.74) is 9.27. The molecule has 1 aromatic carbocycles. The Morgan fingerprint density at radius 1 is 1.30 bits per heavy atom. The van der Waals surface area contributed by atoms with Crippen LogP contribution in [0.4, 0.5) is 5.82 Å². The molecule has 1 heterocycles. The molecule has 108 valence electrons. The maximum Gasteiger partial charge on any atom is 0.129 e. The van der Waals surface area contributed by atoms with Crippen molar-refractivity contribution in [3.05, 3.63) is 30.0 Å². The Morgan fingerprint density at radius 2 is 2.00 bits per heavy atom. The van der Waals surface area contributed by atoms with E-state index in [4.69, 9.17) is 10.5 Å². The molecule has 0 aliphatic heterocycles. The maximum atomic E-state index is 6.21. The van der Waals surface area contributed by atoms with E-state index in [0.717, 1.165) is 35.4 Å². The summed E-state index contributed by atoms with van der Waals surface area (Å²) in [6.45, 7) is 4.43. The molecule has 20 heavy (non-hydrogen) atoms. The van der Waals surface area contributed by atoms with E-state index in [1.807, 2.05) is 31.3 Å². The van der Waals surface area contributed by atoms with Crippen LogP contribution in [0.3, 0.4) is 0 Å². The first-order valence-corrected chi connectivity index (χ1v) is 6.99. The number of nitrogens with two attached hydrogens (primary N) is 1. The SMILES string of the molecule is COc1ccccc1-c1c(CCC(C)C)nn(C)c1N. The third-order valence-electron chi connectivity index (χ3n) is 3.50. The van der Waals surface area contributed by atoms with E-state index >= 15 is 0 Å². The zero-order chi connectivity index (χ0) is 14.7. The van der Waals surface area contributed by atoms with Gasteiger partial charge < -0.3 is 10.5 Å². The van der Waals surface area contributed by atoms with Crippen LogP contribution in [0.25, 0.3) is 11.1 Å². The lowest BCUT2D eigenvalue weighted by atomic mass is 9.99. The Labute approximate surface area is 120 Å². The van der Waals surface area contributed by atoms with Gasteiger partial charge in [-0.3, -0.25) is 4.68 Å². The molecule has 0 fully saturated rings. The summed E-state index contributed by atoms with van der Waals surface area (Å²) in [7, 11) is 3.56. The van der Waals surface area contributed by atoms with Gasteiger partial charge in [0.15, 0.2) is 0 Å². The molecule has 1 aromatic heterocycles. The zero-order valence-electron chi connectivity index (χ0n) is 12.7. The smallest absolute Gasteiger partial charge is 0.129 e. The van der Waals surface area contributed by atoms with E-state index in [1.165, 1.54) is 0 Å². The fourth-order valence-electron chi connectivity index (χ4n) is 2.34. The number of hydrogen-bond donors (Lipinski definition) is 1. The second kappa shape index (κ2) is 5.99. The molecule has 0 saturated carbocycles.